The van der Waals surface area contributed by atoms with Crippen molar-refractivity contribution in [1.29, 1.82) is 0 Å². The van der Waals surface area contributed by atoms with Crippen molar-refractivity contribution in [1.82, 2.24) is 9.88 Å². The van der Waals surface area contributed by atoms with Gasteiger partial charge in [-0.3, -0.25) is 4.90 Å². The number of rotatable bonds is 3. The van der Waals surface area contributed by atoms with Gasteiger partial charge in [0.15, 0.2) is 0 Å². The largest absolute Gasteiger partial charge is 0.440 e. The van der Waals surface area contributed by atoms with Gasteiger partial charge in [0.1, 0.15) is 11.4 Å². The maximum Gasteiger partial charge on any atom is 0.416 e. The number of hydrogen-bond donors (Lipinski definition) is 0. The number of aromatic nitrogens is 1. The number of carbonyl (C=O) groups excluding carboxylic acids is 1. The Hall–Kier alpha value is -1.66. The molecule has 3 fully saturated rings. The second-order valence-corrected chi connectivity index (χ2v) is 8.10. The van der Waals surface area contributed by atoms with Gasteiger partial charge < -0.3 is 14.4 Å². The van der Waals surface area contributed by atoms with E-state index in [1.54, 1.807) is 4.90 Å². The van der Waals surface area contributed by atoms with Crippen LogP contribution in [0.2, 0.25) is 0 Å². The molecule has 0 saturated carbocycles. The average Bonchev–Trinajstić information content (AvgIpc) is 2.98. The van der Waals surface area contributed by atoms with Crippen LogP contribution in [0.5, 0.6) is 0 Å². The molecule has 26 heavy (non-hydrogen) atoms. The van der Waals surface area contributed by atoms with E-state index in [-0.39, 0.29) is 6.09 Å². The molecular formula is C20H29N3O3. The maximum atomic E-state index is 12.5. The Morgan fingerprint density at radius 3 is 2.85 bits per heavy atom. The van der Waals surface area contributed by atoms with Crippen LogP contribution < -0.4 is 4.90 Å². The molecule has 3 aliphatic heterocycles. The lowest BCUT2D eigenvalue weighted by Gasteiger charge is -2.35. The van der Waals surface area contributed by atoms with Gasteiger partial charge >= 0.3 is 6.09 Å². The smallest absolute Gasteiger partial charge is 0.416 e. The van der Waals surface area contributed by atoms with Crippen LogP contribution >= 0.6 is 0 Å². The fourth-order valence-corrected chi connectivity index (χ4v) is 4.34. The summed E-state index contributed by atoms with van der Waals surface area (Å²) in [5, 5.41) is 0. The van der Waals surface area contributed by atoms with Crippen LogP contribution in [-0.4, -0.2) is 60.5 Å². The van der Waals surface area contributed by atoms with Crippen LogP contribution in [0.4, 0.5) is 10.6 Å². The van der Waals surface area contributed by atoms with Crippen LogP contribution in [0, 0.1) is 0 Å². The first-order valence-corrected chi connectivity index (χ1v) is 9.86. The standard InChI is InChI=1S/C20H29N3O3/c1-15(2)22-10-4-5-16(13-22)17-6-3-7-18(21-17)23-14-20(26-19(23)24)8-11-25-12-9-20/h3,6-7,15-16H,4-5,8-14H2,1-2H3/t16-/m1/s1. The summed E-state index contributed by atoms with van der Waals surface area (Å²) in [6.45, 7) is 8.59. The number of anilines is 1. The van der Waals surface area contributed by atoms with E-state index in [0.29, 0.717) is 31.7 Å². The third kappa shape index (κ3) is 3.45. The number of pyridine rings is 1. The van der Waals surface area contributed by atoms with Gasteiger partial charge in [-0.15, -0.1) is 0 Å². The topological polar surface area (TPSA) is 54.9 Å². The van der Waals surface area contributed by atoms with Gasteiger partial charge in [0.25, 0.3) is 0 Å². The SMILES string of the molecule is CC(C)N1CCC[C@@H](c2cccc(N3CC4(CCOCC4)OC3=O)n2)C1. The van der Waals surface area contributed by atoms with E-state index in [4.69, 9.17) is 14.5 Å². The molecular weight excluding hydrogens is 330 g/mol. The summed E-state index contributed by atoms with van der Waals surface area (Å²) in [5.41, 5.74) is 0.695. The average molecular weight is 359 g/mol. The zero-order valence-corrected chi connectivity index (χ0v) is 15.8. The summed E-state index contributed by atoms with van der Waals surface area (Å²) >= 11 is 0. The van der Waals surface area contributed by atoms with Crippen molar-refractivity contribution in [3.8, 4) is 0 Å². The molecule has 3 aliphatic rings. The van der Waals surface area contributed by atoms with Crippen LogP contribution in [0.1, 0.15) is 51.1 Å². The molecule has 0 aliphatic carbocycles. The monoisotopic (exact) mass is 359 g/mol. The van der Waals surface area contributed by atoms with Gasteiger partial charge in [-0.2, -0.15) is 0 Å². The fraction of sp³-hybridized carbons (Fsp3) is 0.700. The van der Waals surface area contributed by atoms with E-state index < -0.39 is 5.60 Å². The van der Waals surface area contributed by atoms with Crippen molar-refractivity contribution in [3.05, 3.63) is 23.9 Å². The zero-order chi connectivity index (χ0) is 18.1. The second-order valence-electron chi connectivity index (χ2n) is 8.10. The van der Waals surface area contributed by atoms with Crippen LogP contribution in [0.25, 0.3) is 0 Å². The summed E-state index contributed by atoms with van der Waals surface area (Å²) in [6.07, 6.45) is 3.61. The highest BCUT2D eigenvalue weighted by Gasteiger charge is 2.47. The molecule has 3 saturated heterocycles. The molecule has 0 N–H and O–H groups in total. The highest BCUT2D eigenvalue weighted by molar-refractivity contribution is 5.89. The number of carbonyl (C=O) groups is 1. The molecule has 1 atom stereocenters. The van der Waals surface area contributed by atoms with Gasteiger partial charge in [-0.25, -0.2) is 9.78 Å². The highest BCUT2D eigenvalue weighted by atomic mass is 16.6. The lowest BCUT2D eigenvalue weighted by molar-refractivity contribution is -0.0431. The Labute approximate surface area is 155 Å². The minimum atomic E-state index is -0.397. The van der Waals surface area contributed by atoms with Gasteiger partial charge in [0.2, 0.25) is 0 Å². The molecule has 1 aromatic rings. The van der Waals surface area contributed by atoms with E-state index in [2.05, 4.69) is 24.8 Å². The van der Waals surface area contributed by atoms with Crippen LogP contribution in [0.3, 0.4) is 0 Å². The third-order valence-corrected chi connectivity index (χ3v) is 6.01. The van der Waals surface area contributed by atoms with Crippen molar-refractivity contribution in [2.24, 2.45) is 0 Å². The van der Waals surface area contributed by atoms with Gasteiger partial charge in [0.05, 0.1) is 19.8 Å². The van der Waals surface area contributed by atoms with E-state index in [0.717, 1.165) is 43.9 Å². The number of hydrogen-bond acceptors (Lipinski definition) is 5. The van der Waals surface area contributed by atoms with E-state index in [1.165, 1.54) is 6.42 Å². The molecule has 1 spiro atoms. The summed E-state index contributed by atoms with van der Waals surface area (Å²) < 4.78 is 11.2. The Kier molecular flexibility index (Phi) is 4.88. The Morgan fingerprint density at radius 1 is 1.27 bits per heavy atom. The highest BCUT2D eigenvalue weighted by Crippen LogP contribution is 2.35. The lowest BCUT2D eigenvalue weighted by Crippen LogP contribution is -2.40. The molecule has 0 aromatic carbocycles. The number of piperidine rings is 1. The number of nitrogens with zero attached hydrogens (tertiary/aromatic N) is 3. The quantitative estimate of drug-likeness (QED) is 0.830. The van der Waals surface area contributed by atoms with Gasteiger partial charge in [-0.05, 0) is 45.4 Å². The zero-order valence-electron chi connectivity index (χ0n) is 15.8. The first kappa shape index (κ1) is 17.7. The van der Waals surface area contributed by atoms with Crippen LogP contribution in [-0.2, 0) is 9.47 Å². The predicted molar refractivity (Wildman–Crippen MR) is 99.5 cm³/mol. The minimum Gasteiger partial charge on any atom is -0.440 e. The van der Waals surface area contributed by atoms with Crippen molar-refractivity contribution in [2.75, 3.05) is 37.7 Å². The van der Waals surface area contributed by atoms with Crippen molar-refractivity contribution in [2.45, 2.75) is 57.1 Å². The molecule has 1 aromatic heterocycles. The summed E-state index contributed by atoms with van der Waals surface area (Å²) in [4.78, 5) is 21.6. The van der Waals surface area contributed by atoms with Gasteiger partial charge in [0, 0.05) is 37.0 Å². The molecule has 6 nitrogen and oxygen atoms in total. The minimum absolute atomic E-state index is 0.274. The molecule has 1 amide bonds. The number of amides is 1. The summed E-state index contributed by atoms with van der Waals surface area (Å²) in [7, 11) is 0. The molecule has 4 rings (SSSR count). The van der Waals surface area contributed by atoms with Crippen molar-refractivity contribution >= 4 is 11.9 Å². The molecule has 6 heteroatoms. The Morgan fingerprint density at radius 2 is 2.08 bits per heavy atom. The number of likely N-dealkylation sites (tertiary alicyclic amines) is 1. The first-order chi connectivity index (χ1) is 12.6. The van der Waals surface area contributed by atoms with E-state index in [9.17, 15) is 4.79 Å². The second kappa shape index (κ2) is 7.16. The first-order valence-electron chi connectivity index (χ1n) is 9.86. The molecule has 0 radical (unpaired) electrons. The van der Waals surface area contributed by atoms with Crippen molar-refractivity contribution in [3.63, 3.8) is 0 Å². The van der Waals surface area contributed by atoms with Gasteiger partial charge in [-0.1, -0.05) is 6.07 Å². The predicted octanol–water partition coefficient (Wildman–Crippen LogP) is 3.18. The van der Waals surface area contributed by atoms with Crippen LogP contribution in [0.15, 0.2) is 18.2 Å². The molecule has 0 bridgehead atoms. The fourth-order valence-electron chi connectivity index (χ4n) is 4.34. The Balaban J connectivity index is 1.51. The molecule has 0 unspecified atom stereocenters. The summed E-state index contributed by atoms with van der Waals surface area (Å²) in [5.74, 6) is 1.15. The maximum absolute atomic E-state index is 12.5. The summed E-state index contributed by atoms with van der Waals surface area (Å²) in [6, 6.07) is 6.60. The third-order valence-electron chi connectivity index (χ3n) is 6.01. The van der Waals surface area contributed by atoms with Crippen molar-refractivity contribution < 1.29 is 14.3 Å². The van der Waals surface area contributed by atoms with E-state index >= 15 is 0 Å². The lowest BCUT2D eigenvalue weighted by atomic mass is 9.93. The Bertz CT molecular complexity index is 657. The molecule has 142 valence electrons. The number of ether oxygens (including phenoxy) is 2. The normalized spacial score (nSPS) is 26.5. The van der Waals surface area contributed by atoms with E-state index in [1.807, 2.05) is 12.1 Å². The molecule has 4 heterocycles.